The van der Waals surface area contributed by atoms with Gasteiger partial charge in [-0.25, -0.2) is 0 Å². The van der Waals surface area contributed by atoms with Gasteiger partial charge in [0.05, 0.1) is 20.8 Å². The van der Waals surface area contributed by atoms with Crippen molar-refractivity contribution < 1.29 is 13.9 Å². The number of likely N-dealkylation sites (tertiary alicyclic amines) is 1. The Morgan fingerprint density at radius 2 is 1.85 bits per heavy atom. The number of ether oxygens (including phenoxy) is 1. The summed E-state index contributed by atoms with van der Waals surface area (Å²) in [4.78, 5) is 14.6. The molecule has 4 rings (SSSR count). The predicted octanol–water partition coefficient (Wildman–Crippen LogP) is 5.05. The zero-order valence-electron chi connectivity index (χ0n) is 17.6. The smallest absolute Gasteiger partial charge is 0.320 e. The third kappa shape index (κ3) is 6.51. The van der Waals surface area contributed by atoms with Gasteiger partial charge in [-0.05, 0) is 37.1 Å². The number of rotatable bonds is 8. The van der Waals surface area contributed by atoms with E-state index < -0.39 is 5.91 Å². The topological polar surface area (TPSA) is 92.5 Å². The summed E-state index contributed by atoms with van der Waals surface area (Å²) in [7, 11) is 0. The molecular weight excluding hydrogens is 489 g/mol. The first-order valence-electron chi connectivity index (χ1n) is 10.5. The number of aromatic nitrogens is 2. The van der Waals surface area contributed by atoms with Gasteiger partial charge < -0.3 is 24.7 Å². The standard InChI is InChI=1S/C22H22Cl3N5O3/c23-16-6-5-15(13-18(16)25)32-14-7-10-30(11-8-14)12-9-26-20(31)21-28-29-22(33-21)27-19-4-2-1-3-17(19)24/h1-6,13-14H,7-12H2,(H,26,31)(H,27,29). The van der Waals surface area contributed by atoms with Crippen molar-refractivity contribution in [3.8, 4) is 5.75 Å². The monoisotopic (exact) mass is 509 g/mol. The lowest BCUT2D eigenvalue weighted by Crippen LogP contribution is -2.42. The molecule has 3 aromatic rings. The van der Waals surface area contributed by atoms with Crippen LogP contribution in [0.25, 0.3) is 0 Å². The first-order chi connectivity index (χ1) is 16.0. The average Bonchev–Trinajstić information content (AvgIpc) is 3.28. The molecule has 0 bridgehead atoms. The molecular formula is C22H22Cl3N5O3. The van der Waals surface area contributed by atoms with E-state index in [1.165, 1.54) is 0 Å². The van der Waals surface area contributed by atoms with Crippen LogP contribution in [0.4, 0.5) is 11.7 Å². The van der Waals surface area contributed by atoms with Gasteiger partial charge in [0.25, 0.3) is 0 Å². The molecule has 2 aromatic carbocycles. The number of para-hydroxylation sites is 1. The second-order valence-corrected chi connectivity index (χ2v) is 8.73. The van der Waals surface area contributed by atoms with Crippen LogP contribution in [-0.2, 0) is 0 Å². The molecule has 1 aromatic heterocycles. The molecule has 174 valence electrons. The van der Waals surface area contributed by atoms with Crippen LogP contribution in [0, 0.1) is 0 Å². The Bertz CT molecular complexity index is 1100. The normalized spacial score (nSPS) is 14.8. The van der Waals surface area contributed by atoms with E-state index in [1.54, 1.807) is 24.3 Å². The zero-order valence-corrected chi connectivity index (χ0v) is 19.8. The van der Waals surface area contributed by atoms with Crippen molar-refractivity contribution in [2.24, 2.45) is 0 Å². The lowest BCUT2D eigenvalue weighted by Gasteiger charge is -2.32. The largest absolute Gasteiger partial charge is 0.490 e. The molecule has 1 amide bonds. The molecule has 1 saturated heterocycles. The summed E-state index contributed by atoms with van der Waals surface area (Å²) < 4.78 is 11.4. The van der Waals surface area contributed by atoms with E-state index >= 15 is 0 Å². The fourth-order valence-electron chi connectivity index (χ4n) is 3.44. The maximum Gasteiger partial charge on any atom is 0.320 e. The van der Waals surface area contributed by atoms with Crippen molar-refractivity contribution in [3.63, 3.8) is 0 Å². The van der Waals surface area contributed by atoms with Crippen LogP contribution in [0.3, 0.4) is 0 Å². The van der Waals surface area contributed by atoms with Crippen molar-refractivity contribution in [1.29, 1.82) is 0 Å². The van der Waals surface area contributed by atoms with Gasteiger partial charge in [0.1, 0.15) is 11.9 Å². The van der Waals surface area contributed by atoms with Crippen molar-refractivity contribution in [2.45, 2.75) is 18.9 Å². The van der Waals surface area contributed by atoms with E-state index in [1.807, 2.05) is 18.2 Å². The number of hydrogen-bond acceptors (Lipinski definition) is 7. The summed E-state index contributed by atoms with van der Waals surface area (Å²) >= 11 is 18.1. The Balaban J connectivity index is 1.17. The van der Waals surface area contributed by atoms with Gasteiger partial charge in [0.15, 0.2) is 0 Å². The van der Waals surface area contributed by atoms with Crippen LogP contribution in [0.15, 0.2) is 46.9 Å². The fraction of sp³-hybridized carbons (Fsp3) is 0.318. The number of nitrogens with zero attached hydrogens (tertiary/aromatic N) is 3. The van der Waals surface area contributed by atoms with Gasteiger partial charge in [-0.2, -0.15) is 0 Å². The molecule has 0 radical (unpaired) electrons. The molecule has 8 nitrogen and oxygen atoms in total. The molecule has 1 fully saturated rings. The molecule has 33 heavy (non-hydrogen) atoms. The van der Waals surface area contributed by atoms with Crippen molar-refractivity contribution in [3.05, 3.63) is 63.4 Å². The van der Waals surface area contributed by atoms with E-state index in [9.17, 15) is 4.79 Å². The minimum atomic E-state index is -0.424. The second-order valence-electron chi connectivity index (χ2n) is 7.51. The molecule has 0 spiro atoms. The SMILES string of the molecule is O=C(NCCN1CCC(Oc2ccc(Cl)c(Cl)c2)CC1)c1nnc(Nc2ccccc2Cl)o1. The van der Waals surface area contributed by atoms with Crippen molar-refractivity contribution in [2.75, 3.05) is 31.5 Å². The van der Waals surface area contributed by atoms with Crippen molar-refractivity contribution >= 4 is 52.4 Å². The third-order valence-corrected chi connectivity index (χ3v) is 6.25. The summed E-state index contributed by atoms with van der Waals surface area (Å²) in [5.74, 6) is 0.184. The Hall–Kier alpha value is -2.52. The van der Waals surface area contributed by atoms with E-state index in [0.29, 0.717) is 33.8 Å². The quantitative estimate of drug-likeness (QED) is 0.438. The van der Waals surface area contributed by atoms with Crippen LogP contribution in [0.2, 0.25) is 15.1 Å². The highest BCUT2D eigenvalue weighted by atomic mass is 35.5. The van der Waals surface area contributed by atoms with E-state index in [0.717, 1.165) is 31.7 Å². The average molecular weight is 511 g/mol. The first-order valence-corrected chi connectivity index (χ1v) is 11.6. The Labute approximate surface area is 206 Å². The highest BCUT2D eigenvalue weighted by molar-refractivity contribution is 6.42. The molecule has 2 heterocycles. The molecule has 0 unspecified atom stereocenters. The minimum absolute atomic E-state index is 0.0947. The number of benzene rings is 2. The molecule has 1 aliphatic rings. The number of amides is 1. The first kappa shape index (κ1) is 23.6. The molecule has 0 saturated carbocycles. The highest BCUT2D eigenvalue weighted by Crippen LogP contribution is 2.28. The maximum absolute atomic E-state index is 12.3. The van der Waals surface area contributed by atoms with Gasteiger partial charge in [-0.15, -0.1) is 5.10 Å². The highest BCUT2D eigenvalue weighted by Gasteiger charge is 2.21. The summed E-state index contributed by atoms with van der Waals surface area (Å²) in [6, 6.07) is 12.5. The lowest BCUT2D eigenvalue weighted by atomic mass is 10.1. The number of carbonyl (C=O) groups is 1. The molecule has 0 atom stereocenters. The van der Waals surface area contributed by atoms with E-state index in [2.05, 4.69) is 25.7 Å². The summed E-state index contributed by atoms with van der Waals surface area (Å²) in [6.07, 6.45) is 1.89. The van der Waals surface area contributed by atoms with Crippen molar-refractivity contribution in [1.82, 2.24) is 20.4 Å². The zero-order chi connectivity index (χ0) is 23.2. The number of nitrogens with one attached hydrogen (secondary N) is 2. The summed E-state index contributed by atoms with van der Waals surface area (Å²) in [5, 5.41) is 14.8. The van der Waals surface area contributed by atoms with Crippen LogP contribution in [-0.4, -0.2) is 53.3 Å². The van der Waals surface area contributed by atoms with Crippen LogP contribution >= 0.6 is 34.8 Å². The van der Waals surface area contributed by atoms with Gasteiger partial charge >= 0.3 is 17.8 Å². The number of halogens is 3. The Morgan fingerprint density at radius 1 is 1.06 bits per heavy atom. The van der Waals surface area contributed by atoms with Gasteiger partial charge in [0, 0.05) is 32.2 Å². The van der Waals surface area contributed by atoms with Gasteiger partial charge in [-0.1, -0.05) is 52.0 Å². The van der Waals surface area contributed by atoms with Crippen LogP contribution < -0.4 is 15.4 Å². The van der Waals surface area contributed by atoms with Gasteiger partial charge in [-0.3, -0.25) is 4.79 Å². The van der Waals surface area contributed by atoms with E-state index in [4.69, 9.17) is 44.0 Å². The van der Waals surface area contributed by atoms with Crippen LogP contribution in [0.5, 0.6) is 5.75 Å². The Kier molecular flexibility index (Phi) is 7.93. The number of piperidine rings is 1. The fourth-order valence-corrected chi connectivity index (χ4v) is 3.91. The molecule has 1 aliphatic heterocycles. The lowest BCUT2D eigenvalue weighted by molar-refractivity contribution is 0.0879. The van der Waals surface area contributed by atoms with Gasteiger partial charge in [0.2, 0.25) is 0 Å². The summed E-state index contributed by atoms with van der Waals surface area (Å²) in [5.41, 5.74) is 0.612. The minimum Gasteiger partial charge on any atom is -0.490 e. The second kappa shape index (κ2) is 11.1. The third-order valence-electron chi connectivity index (χ3n) is 5.18. The number of anilines is 2. The van der Waals surface area contributed by atoms with E-state index in [-0.39, 0.29) is 18.0 Å². The molecule has 11 heteroatoms. The number of hydrogen-bond donors (Lipinski definition) is 2. The number of carbonyl (C=O) groups excluding carboxylic acids is 1. The molecule has 0 aliphatic carbocycles. The predicted molar refractivity (Wildman–Crippen MR) is 128 cm³/mol. The Morgan fingerprint density at radius 3 is 2.61 bits per heavy atom. The summed E-state index contributed by atoms with van der Waals surface area (Å²) in [6.45, 7) is 2.92. The van der Waals surface area contributed by atoms with Crippen LogP contribution in [0.1, 0.15) is 23.5 Å². The maximum atomic E-state index is 12.3. The molecule has 2 N–H and O–H groups in total.